The lowest BCUT2D eigenvalue weighted by molar-refractivity contribution is 0.102. The third-order valence-electron chi connectivity index (χ3n) is 3.35. The summed E-state index contributed by atoms with van der Waals surface area (Å²) in [5.74, 6) is 1.07. The molecule has 6 nitrogen and oxygen atoms in total. The van der Waals surface area contributed by atoms with E-state index in [1.807, 2.05) is 6.07 Å². The first-order valence-electron chi connectivity index (χ1n) is 7.06. The fraction of sp³-hybridized carbons (Fsp3) is 0.333. The quantitative estimate of drug-likeness (QED) is 0.756. The van der Waals surface area contributed by atoms with Crippen LogP contribution in [0.25, 0.3) is 0 Å². The lowest BCUT2D eigenvalue weighted by Gasteiger charge is -2.06. The number of hydrogen-bond acceptors (Lipinski definition) is 4. The van der Waals surface area contributed by atoms with E-state index in [1.54, 1.807) is 24.3 Å². The normalized spacial score (nSPS) is 14.0. The minimum Gasteiger partial charge on any atom is -0.492 e. The number of amides is 1. The van der Waals surface area contributed by atoms with Gasteiger partial charge in [-0.15, -0.1) is 0 Å². The molecule has 1 amide bonds. The molecule has 0 radical (unpaired) electrons. The highest BCUT2D eigenvalue weighted by Crippen LogP contribution is 2.39. The molecule has 1 aliphatic carbocycles. The maximum absolute atomic E-state index is 12.1. The van der Waals surface area contributed by atoms with Gasteiger partial charge in [0.2, 0.25) is 0 Å². The Morgan fingerprint density at radius 2 is 2.14 bits per heavy atom. The molecule has 110 valence electrons. The molecule has 6 heteroatoms. The van der Waals surface area contributed by atoms with Gasteiger partial charge in [0.05, 0.1) is 0 Å². The van der Waals surface area contributed by atoms with E-state index in [0.717, 1.165) is 11.4 Å². The Bertz CT molecular complexity index is 617. The Hall–Kier alpha value is -2.34. The summed E-state index contributed by atoms with van der Waals surface area (Å²) in [7, 11) is 0. The molecule has 1 saturated carbocycles. The van der Waals surface area contributed by atoms with Crippen LogP contribution in [0.5, 0.6) is 5.75 Å². The number of aromatic amines is 1. The van der Waals surface area contributed by atoms with Crippen molar-refractivity contribution in [3.8, 4) is 5.75 Å². The average Bonchev–Trinajstić information content (AvgIpc) is 3.23. The predicted octanol–water partition coefficient (Wildman–Crippen LogP) is 1.88. The number of benzene rings is 1. The van der Waals surface area contributed by atoms with E-state index in [4.69, 9.17) is 10.5 Å². The number of nitrogens with two attached hydrogens (primary N) is 1. The average molecular weight is 286 g/mol. The van der Waals surface area contributed by atoms with Crippen LogP contribution < -0.4 is 15.8 Å². The molecule has 1 aliphatic rings. The summed E-state index contributed by atoms with van der Waals surface area (Å²) in [4.78, 5) is 12.1. The van der Waals surface area contributed by atoms with Crippen molar-refractivity contribution in [2.45, 2.75) is 18.8 Å². The topological polar surface area (TPSA) is 93.0 Å². The van der Waals surface area contributed by atoms with Gasteiger partial charge >= 0.3 is 0 Å². The highest BCUT2D eigenvalue weighted by molar-refractivity contribution is 6.02. The van der Waals surface area contributed by atoms with Crippen molar-refractivity contribution in [3.63, 3.8) is 0 Å². The molecule has 0 bridgehead atoms. The molecule has 0 atom stereocenters. The molecule has 0 spiro atoms. The van der Waals surface area contributed by atoms with Crippen molar-refractivity contribution in [2.24, 2.45) is 5.73 Å². The number of rotatable bonds is 6. The molecule has 0 aliphatic heterocycles. The van der Waals surface area contributed by atoms with Crippen molar-refractivity contribution >= 4 is 11.6 Å². The number of carbonyl (C=O) groups is 1. The van der Waals surface area contributed by atoms with Gasteiger partial charge in [-0.3, -0.25) is 9.89 Å². The number of ether oxygens (including phenoxy) is 1. The predicted molar refractivity (Wildman–Crippen MR) is 79.5 cm³/mol. The van der Waals surface area contributed by atoms with Crippen molar-refractivity contribution in [1.29, 1.82) is 0 Å². The van der Waals surface area contributed by atoms with Gasteiger partial charge in [0, 0.05) is 23.8 Å². The summed E-state index contributed by atoms with van der Waals surface area (Å²) in [6.45, 7) is 0.948. The second kappa shape index (κ2) is 5.97. The number of carbonyl (C=O) groups excluding carboxylic acids is 1. The van der Waals surface area contributed by atoms with E-state index < -0.39 is 0 Å². The van der Waals surface area contributed by atoms with Gasteiger partial charge in [-0.1, -0.05) is 0 Å². The van der Waals surface area contributed by atoms with Crippen LogP contribution in [-0.4, -0.2) is 29.3 Å². The zero-order chi connectivity index (χ0) is 14.7. The minimum absolute atomic E-state index is 0.214. The SMILES string of the molecule is NCCOc1ccc(NC(=O)c2cc(C3CC3)[nH]n2)cc1. The van der Waals surface area contributed by atoms with Crippen LogP contribution in [0, 0.1) is 0 Å². The van der Waals surface area contributed by atoms with Gasteiger partial charge in [0.25, 0.3) is 5.91 Å². The molecule has 4 N–H and O–H groups in total. The minimum atomic E-state index is -0.214. The van der Waals surface area contributed by atoms with E-state index >= 15 is 0 Å². The van der Waals surface area contributed by atoms with Crippen LogP contribution in [0.15, 0.2) is 30.3 Å². The number of hydrogen-bond donors (Lipinski definition) is 3. The largest absolute Gasteiger partial charge is 0.492 e. The Morgan fingerprint density at radius 1 is 1.38 bits per heavy atom. The summed E-state index contributed by atoms with van der Waals surface area (Å²) in [5.41, 5.74) is 7.54. The van der Waals surface area contributed by atoms with Crippen LogP contribution in [-0.2, 0) is 0 Å². The molecule has 1 aromatic heterocycles. The Morgan fingerprint density at radius 3 is 2.81 bits per heavy atom. The lowest BCUT2D eigenvalue weighted by atomic mass is 10.2. The number of nitrogens with zero attached hydrogens (tertiary/aromatic N) is 1. The second-order valence-electron chi connectivity index (χ2n) is 5.10. The maximum atomic E-state index is 12.1. The molecular weight excluding hydrogens is 268 g/mol. The smallest absolute Gasteiger partial charge is 0.276 e. The molecule has 3 rings (SSSR count). The summed E-state index contributed by atoms with van der Waals surface area (Å²) in [6.07, 6.45) is 2.35. The summed E-state index contributed by atoms with van der Waals surface area (Å²) in [6, 6.07) is 9.00. The Balaban J connectivity index is 1.60. The Labute approximate surface area is 122 Å². The zero-order valence-electron chi connectivity index (χ0n) is 11.6. The number of nitrogens with one attached hydrogen (secondary N) is 2. The van der Waals surface area contributed by atoms with Crippen molar-refractivity contribution in [1.82, 2.24) is 10.2 Å². The van der Waals surface area contributed by atoms with E-state index in [-0.39, 0.29) is 5.91 Å². The zero-order valence-corrected chi connectivity index (χ0v) is 11.6. The van der Waals surface area contributed by atoms with Crippen LogP contribution in [0.2, 0.25) is 0 Å². The van der Waals surface area contributed by atoms with Gasteiger partial charge in [0.1, 0.15) is 12.4 Å². The summed E-state index contributed by atoms with van der Waals surface area (Å²) < 4.78 is 5.38. The van der Waals surface area contributed by atoms with Crippen LogP contribution in [0.1, 0.15) is 34.9 Å². The number of aromatic nitrogens is 2. The van der Waals surface area contributed by atoms with Gasteiger partial charge in [-0.05, 0) is 43.2 Å². The number of H-pyrrole nitrogens is 1. The lowest BCUT2D eigenvalue weighted by Crippen LogP contribution is -2.12. The molecule has 2 aromatic rings. The standard InChI is InChI=1S/C15H18N4O2/c16-7-8-21-12-5-3-11(4-6-12)17-15(20)14-9-13(18-19-14)10-1-2-10/h3-6,9-10H,1-2,7-8,16H2,(H,17,20)(H,18,19). The van der Waals surface area contributed by atoms with E-state index in [0.29, 0.717) is 30.5 Å². The maximum Gasteiger partial charge on any atom is 0.276 e. The van der Waals surface area contributed by atoms with Crippen LogP contribution in [0.4, 0.5) is 5.69 Å². The van der Waals surface area contributed by atoms with E-state index in [9.17, 15) is 4.79 Å². The first-order chi connectivity index (χ1) is 10.3. The summed E-state index contributed by atoms with van der Waals surface area (Å²) in [5, 5.41) is 9.79. The van der Waals surface area contributed by atoms with Crippen LogP contribution >= 0.6 is 0 Å². The Kier molecular flexibility index (Phi) is 3.87. The highest BCUT2D eigenvalue weighted by atomic mass is 16.5. The molecule has 0 unspecified atom stereocenters. The third-order valence-corrected chi connectivity index (χ3v) is 3.35. The molecule has 21 heavy (non-hydrogen) atoms. The van der Waals surface area contributed by atoms with Gasteiger partial charge < -0.3 is 15.8 Å². The van der Waals surface area contributed by atoms with Crippen molar-refractivity contribution < 1.29 is 9.53 Å². The van der Waals surface area contributed by atoms with Crippen molar-refractivity contribution in [3.05, 3.63) is 41.7 Å². The first-order valence-corrected chi connectivity index (χ1v) is 7.06. The van der Waals surface area contributed by atoms with Gasteiger partial charge in [0.15, 0.2) is 5.69 Å². The fourth-order valence-corrected chi connectivity index (χ4v) is 2.06. The third kappa shape index (κ3) is 3.41. The second-order valence-corrected chi connectivity index (χ2v) is 5.10. The molecule has 1 fully saturated rings. The van der Waals surface area contributed by atoms with Gasteiger partial charge in [-0.2, -0.15) is 5.10 Å². The van der Waals surface area contributed by atoms with Crippen molar-refractivity contribution in [2.75, 3.05) is 18.5 Å². The van der Waals surface area contributed by atoms with Crippen LogP contribution in [0.3, 0.4) is 0 Å². The fourth-order valence-electron chi connectivity index (χ4n) is 2.06. The first kappa shape index (κ1) is 13.6. The summed E-state index contributed by atoms with van der Waals surface area (Å²) >= 11 is 0. The number of anilines is 1. The molecule has 1 heterocycles. The van der Waals surface area contributed by atoms with E-state index in [2.05, 4.69) is 15.5 Å². The molecule has 1 aromatic carbocycles. The monoisotopic (exact) mass is 286 g/mol. The van der Waals surface area contributed by atoms with E-state index in [1.165, 1.54) is 12.8 Å². The van der Waals surface area contributed by atoms with Gasteiger partial charge in [-0.25, -0.2) is 0 Å². The molecule has 0 saturated heterocycles. The highest BCUT2D eigenvalue weighted by Gasteiger charge is 2.26. The molecular formula is C15H18N4O2.